The molecule has 0 spiro atoms. The molecule has 0 radical (unpaired) electrons. The maximum absolute atomic E-state index is 11.7. The Morgan fingerprint density at radius 3 is 2.88 bits per heavy atom. The highest BCUT2D eigenvalue weighted by Gasteiger charge is 2.25. The molecule has 0 aromatic carbocycles. The number of rotatable bonds is 3. The average Bonchev–Trinajstić information content (AvgIpc) is 3.27. The summed E-state index contributed by atoms with van der Waals surface area (Å²) in [7, 11) is 1.83. The first-order valence-corrected chi connectivity index (χ1v) is 8.67. The lowest BCUT2D eigenvalue weighted by atomic mass is 10.2. The number of thioether (sulfide) groups is 1. The molecule has 1 saturated heterocycles. The number of anilines is 1. The maximum atomic E-state index is 11.7. The van der Waals surface area contributed by atoms with Gasteiger partial charge in [0.05, 0.1) is 17.1 Å². The van der Waals surface area contributed by atoms with Gasteiger partial charge in [0.15, 0.2) is 5.65 Å². The second-order valence-corrected chi connectivity index (χ2v) is 7.22. The van der Waals surface area contributed by atoms with Crippen molar-refractivity contribution in [3.8, 4) is 0 Å². The van der Waals surface area contributed by atoms with E-state index in [1.165, 1.54) is 4.91 Å². The molecule has 1 fully saturated rings. The van der Waals surface area contributed by atoms with Crippen molar-refractivity contribution in [2.24, 2.45) is 0 Å². The molecule has 0 saturated carbocycles. The van der Waals surface area contributed by atoms with E-state index in [1.807, 2.05) is 13.1 Å². The Morgan fingerprint density at radius 2 is 2.24 bits per heavy atom. The van der Waals surface area contributed by atoms with E-state index in [-0.39, 0.29) is 10.9 Å². The molecule has 25 heavy (non-hydrogen) atoms. The molecule has 1 atom stereocenters. The van der Waals surface area contributed by atoms with Gasteiger partial charge < -0.3 is 10.6 Å². The van der Waals surface area contributed by atoms with Crippen LogP contribution in [0.3, 0.4) is 0 Å². The molecule has 4 rings (SSSR count). The monoisotopic (exact) mass is 356 g/mol. The molecular weight excluding hydrogens is 340 g/mol. The van der Waals surface area contributed by atoms with E-state index in [9.17, 15) is 9.59 Å². The zero-order valence-electron chi connectivity index (χ0n) is 13.7. The van der Waals surface area contributed by atoms with Crippen LogP contribution in [0.4, 0.5) is 10.6 Å². The topological polar surface area (TPSA) is 100 Å². The number of nitrogens with zero attached hydrogens (tertiary/aromatic N) is 3. The van der Waals surface area contributed by atoms with E-state index < -0.39 is 11.9 Å². The van der Waals surface area contributed by atoms with Gasteiger partial charge in [-0.05, 0) is 24.3 Å². The zero-order valence-corrected chi connectivity index (χ0v) is 14.5. The SMILES string of the molecule is CNc1cc(C2CC=C(C)S2)nc2c(/C=C3\NC(=O)NC3=O)cnn12. The molecule has 2 aromatic heterocycles. The fourth-order valence-corrected chi connectivity index (χ4v) is 3.93. The number of aromatic nitrogens is 3. The highest BCUT2D eigenvalue weighted by atomic mass is 32.2. The van der Waals surface area contributed by atoms with Gasteiger partial charge in [-0.1, -0.05) is 6.08 Å². The fraction of sp³-hybridized carbons (Fsp3) is 0.250. The van der Waals surface area contributed by atoms with Crippen LogP contribution >= 0.6 is 11.8 Å². The number of fused-ring (bicyclic) bond motifs is 1. The molecule has 4 heterocycles. The lowest BCUT2D eigenvalue weighted by Gasteiger charge is -2.12. The molecule has 3 N–H and O–H groups in total. The zero-order chi connectivity index (χ0) is 17.6. The lowest BCUT2D eigenvalue weighted by molar-refractivity contribution is -0.115. The molecule has 2 aliphatic rings. The quantitative estimate of drug-likeness (QED) is 0.575. The van der Waals surface area contributed by atoms with Crippen molar-refractivity contribution in [2.45, 2.75) is 18.6 Å². The van der Waals surface area contributed by atoms with Crippen LogP contribution in [0.15, 0.2) is 28.9 Å². The molecule has 0 aliphatic carbocycles. The van der Waals surface area contributed by atoms with Crippen molar-refractivity contribution in [1.82, 2.24) is 25.2 Å². The Hall–Kier alpha value is -2.81. The maximum Gasteiger partial charge on any atom is 0.326 e. The van der Waals surface area contributed by atoms with Gasteiger partial charge in [-0.2, -0.15) is 9.61 Å². The van der Waals surface area contributed by atoms with Crippen LogP contribution in [0.2, 0.25) is 0 Å². The third-order valence-electron chi connectivity index (χ3n) is 4.07. The van der Waals surface area contributed by atoms with Gasteiger partial charge in [-0.15, -0.1) is 11.8 Å². The van der Waals surface area contributed by atoms with Crippen LogP contribution < -0.4 is 16.0 Å². The molecule has 8 nitrogen and oxygen atoms in total. The summed E-state index contributed by atoms with van der Waals surface area (Å²) >= 11 is 1.79. The van der Waals surface area contributed by atoms with Gasteiger partial charge >= 0.3 is 6.03 Å². The number of hydrogen-bond acceptors (Lipinski definition) is 6. The standard InChI is InChI=1S/C16H16N6O2S/c1-8-3-4-12(25-8)10-6-13(17-2)22-14(19-10)9(7-18-22)5-11-15(23)21-16(24)20-11/h3,5-7,12,17H,4H2,1-2H3,(H2,20,21,23,24)/b11-5-. The highest BCUT2D eigenvalue weighted by Crippen LogP contribution is 2.43. The van der Waals surface area contributed by atoms with Gasteiger partial charge in [0.1, 0.15) is 11.5 Å². The van der Waals surface area contributed by atoms with Crippen LogP contribution in [0.5, 0.6) is 0 Å². The first-order chi connectivity index (χ1) is 12.0. The summed E-state index contributed by atoms with van der Waals surface area (Å²) in [5, 5.41) is 12.4. The predicted octanol–water partition coefficient (Wildman–Crippen LogP) is 2.03. The van der Waals surface area contributed by atoms with E-state index in [0.29, 0.717) is 11.2 Å². The Labute approximate surface area is 147 Å². The van der Waals surface area contributed by atoms with Gasteiger partial charge in [0, 0.05) is 18.7 Å². The van der Waals surface area contributed by atoms with E-state index in [0.717, 1.165) is 17.9 Å². The Bertz CT molecular complexity index is 961. The average molecular weight is 356 g/mol. The van der Waals surface area contributed by atoms with Crippen LogP contribution in [0.25, 0.3) is 11.7 Å². The van der Waals surface area contributed by atoms with Crippen LogP contribution in [0, 0.1) is 0 Å². The minimum Gasteiger partial charge on any atom is -0.373 e. The minimum absolute atomic E-state index is 0.186. The molecular formula is C16H16N6O2S. The first kappa shape index (κ1) is 15.7. The summed E-state index contributed by atoms with van der Waals surface area (Å²) in [4.78, 5) is 29.1. The molecule has 0 bridgehead atoms. The van der Waals surface area contributed by atoms with Gasteiger partial charge in [-0.3, -0.25) is 10.1 Å². The summed E-state index contributed by atoms with van der Waals surface area (Å²) in [6, 6.07) is 1.46. The summed E-state index contributed by atoms with van der Waals surface area (Å²) in [5.41, 5.74) is 2.44. The molecule has 128 valence electrons. The third kappa shape index (κ3) is 2.76. The van der Waals surface area contributed by atoms with E-state index in [1.54, 1.807) is 28.6 Å². The molecule has 3 amide bonds. The number of urea groups is 1. The van der Waals surface area contributed by atoms with Crippen LogP contribution in [-0.4, -0.2) is 33.6 Å². The van der Waals surface area contributed by atoms with Crippen molar-refractivity contribution in [1.29, 1.82) is 0 Å². The molecule has 9 heteroatoms. The van der Waals surface area contributed by atoms with E-state index in [2.05, 4.69) is 34.0 Å². The highest BCUT2D eigenvalue weighted by molar-refractivity contribution is 8.03. The second kappa shape index (κ2) is 5.92. The number of allylic oxidation sites excluding steroid dienone is 2. The number of carbonyl (C=O) groups excluding carboxylic acids is 2. The number of hydrogen-bond donors (Lipinski definition) is 3. The van der Waals surface area contributed by atoms with Crippen molar-refractivity contribution in [3.05, 3.63) is 40.2 Å². The number of imide groups is 1. The van der Waals surface area contributed by atoms with Crippen molar-refractivity contribution >= 4 is 41.2 Å². The van der Waals surface area contributed by atoms with E-state index >= 15 is 0 Å². The van der Waals surface area contributed by atoms with E-state index in [4.69, 9.17) is 4.98 Å². The Balaban J connectivity index is 1.80. The summed E-state index contributed by atoms with van der Waals surface area (Å²) in [6.45, 7) is 2.10. The van der Waals surface area contributed by atoms with Crippen molar-refractivity contribution < 1.29 is 9.59 Å². The normalized spacial score (nSPS) is 21.6. The summed E-state index contributed by atoms with van der Waals surface area (Å²) in [5.74, 6) is 0.357. The summed E-state index contributed by atoms with van der Waals surface area (Å²) in [6.07, 6.45) is 6.36. The van der Waals surface area contributed by atoms with Gasteiger partial charge in [0.25, 0.3) is 5.91 Å². The van der Waals surface area contributed by atoms with Crippen LogP contribution in [0.1, 0.15) is 29.9 Å². The minimum atomic E-state index is -0.527. The molecule has 2 aromatic rings. The first-order valence-electron chi connectivity index (χ1n) is 7.79. The van der Waals surface area contributed by atoms with Crippen molar-refractivity contribution in [2.75, 3.05) is 12.4 Å². The predicted molar refractivity (Wildman–Crippen MR) is 95.9 cm³/mol. The molecule has 1 unspecified atom stereocenters. The van der Waals surface area contributed by atoms with Crippen LogP contribution in [-0.2, 0) is 4.79 Å². The molecule has 2 aliphatic heterocycles. The second-order valence-electron chi connectivity index (χ2n) is 5.77. The Kier molecular flexibility index (Phi) is 3.72. The van der Waals surface area contributed by atoms with Gasteiger partial charge in [-0.25, -0.2) is 9.78 Å². The van der Waals surface area contributed by atoms with Crippen molar-refractivity contribution in [3.63, 3.8) is 0 Å². The Morgan fingerprint density at radius 1 is 1.40 bits per heavy atom. The number of amides is 3. The third-order valence-corrected chi connectivity index (χ3v) is 5.33. The smallest absolute Gasteiger partial charge is 0.326 e. The fourth-order valence-electron chi connectivity index (χ4n) is 2.86. The number of carbonyl (C=O) groups is 2. The summed E-state index contributed by atoms with van der Waals surface area (Å²) < 4.78 is 1.68. The van der Waals surface area contributed by atoms with Gasteiger partial charge in [0.2, 0.25) is 0 Å². The number of nitrogens with one attached hydrogen (secondary N) is 3. The lowest BCUT2D eigenvalue weighted by Crippen LogP contribution is -2.22. The largest absolute Gasteiger partial charge is 0.373 e.